The van der Waals surface area contributed by atoms with Crippen molar-refractivity contribution in [2.24, 2.45) is 0 Å². The largest absolute Gasteiger partial charge is 0.334 e. The Hall–Kier alpha value is -3.80. The van der Waals surface area contributed by atoms with Crippen LogP contribution in [-0.2, 0) is 0 Å². The topological polar surface area (TPSA) is 81.0 Å². The van der Waals surface area contributed by atoms with Crippen molar-refractivity contribution in [3.63, 3.8) is 0 Å². The summed E-state index contributed by atoms with van der Waals surface area (Å²) in [6.07, 6.45) is 3.34. The molecule has 0 unspecified atom stereocenters. The minimum Gasteiger partial charge on any atom is -0.334 e. The number of benzene rings is 2. The number of hydrogen-bond donors (Lipinski definition) is 1. The molecule has 0 spiro atoms. The lowest BCUT2D eigenvalue weighted by Crippen LogP contribution is -1.99. The molecule has 126 valence electrons. The van der Waals surface area contributed by atoms with Crippen LogP contribution in [0.4, 0.5) is 17.2 Å². The summed E-state index contributed by atoms with van der Waals surface area (Å²) in [7, 11) is 0. The van der Waals surface area contributed by atoms with Crippen LogP contribution in [0.25, 0.3) is 22.0 Å². The first-order valence-electron chi connectivity index (χ1n) is 8.02. The second kappa shape index (κ2) is 6.60. The van der Waals surface area contributed by atoms with E-state index in [1.807, 2.05) is 54.7 Å². The third-order valence-electron chi connectivity index (χ3n) is 4.03. The monoisotopic (exact) mass is 342 g/mol. The predicted octanol–water partition coefficient (Wildman–Crippen LogP) is 4.95. The predicted molar refractivity (Wildman–Crippen MR) is 101 cm³/mol. The van der Waals surface area contributed by atoms with E-state index < -0.39 is 4.92 Å². The summed E-state index contributed by atoms with van der Waals surface area (Å²) in [5, 5.41) is 15.2. The summed E-state index contributed by atoms with van der Waals surface area (Å²) < 4.78 is 0. The van der Waals surface area contributed by atoms with Gasteiger partial charge in [-0.1, -0.05) is 30.3 Å². The molecule has 2 aromatic heterocycles. The van der Waals surface area contributed by atoms with E-state index in [0.29, 0.717) is 0 Å². The molecule has 0 aliphatic rings. The highest BCUT2D eigenvalue weighted by Crippen LogP contribution is 2.28. The number of rotatable bonds is 4. The number of nitrogens with zero attached hydrogens (tertiary/aromatic N) is 3. The number of fused-ring (bicyclic) bond motifs is 1. The Morgan fingerprint density at radius 3 is 2.65 bits per heavy atom. The zero-order valence-electron chi connectivity index (χ0n) is 13.7. The fourth-order valence-corrected chi connectivity index (χ4v) is 2.78. The molecule has 0 atom stereocenters. The van der Waals surface area contributed by atoms with Gasteiger partial charge in [-0.05, 0) is 35.9 Å². The highest BCUT2D eigenvalue weighted by molar-refractivity contribution is 5.84. The Labute approximate surface area is 149 Å². The number of nitro groups is 1. The third kappa shape index (κ3) is 3.08. The van der Waals surface area contributed by atoms with E-state index in [0.717, 1.165) is 27.7 Å². The quantitative estimate of drug-likeness (QED) is 0.419. The van der Waals surface area contributed by atoms with Crippen LogP contribution in [0.1, 0.15) is 0 Å². The number of anilines is 2. The molecule has 4 aromatic rings. The van der Waals surface area contributed by atoms with Crippen molar-refractivity contribution in [2.45, 2.75) is 0 Å². The average Bonchev–Trinajstić information content (AvgIpc) is 2.68. The standard InChI is InChI=1S/C20H14N4O2/c25-24(26)19-9-4-10-21-20(19)23-17-7-3-6-14(12-17)16-11-15-5-1-2-8-18(15)22-13-16/h1-13H,(H,21,23). The Morgan fingerprint density at radius 2 is 1.77 bits per heavy atom. The van der Waals surface area contributed by atoms with E-state index in [9.17, 15) is 10.1 Å². The van der Waals surface area contributed by atoms with E-state index >= 15 is 0 Å². The minimum absolute atomic E-state index is 0.0646. The number of pyridine rings is 2. The molecule has 0 radical (unpaired) electrons. The van der Waals surface area contributed by atoms with Gasteiger partial charge in [0.15, 0.2) is 0 Å². The van der Waals surface area contributed by atoms with Gasteiger partial charge in [-0.25, -0.2) is 4.98 Å². The normalized spacial score (nSPS) is 10.6. The van der Waals surface area contributed by atoms with Crippen LogP contribution in [0.5, 0.6) is 0 Å². The Balaban J connectivity index is 1.69. The maximum Gasteiger partial charge on any atom is 0.311 e. The lowest BCUT2D eigenvalue weighted by Gasteiger charge is -2.09. The van der Waals surface area contributed by atoms with Crippen LogP contribution in [-0.4, -0.2) is 14.9 Å². The van der Waals surface area contributed by atoms with E-state index in [4.69, 9.17) is 0 Å². The van der Waals surface area contributed by atoms with Crippen LogP contribution in [0.15, 0.2) is 79.1 Å². The SMILES string of the molecule is O=[N+]([O-])c1cccnc1Nc1cccc(-c2cnc3ccccc3c2)c1. The van der Waals surface area contributed by atoms with Gasteiger partial charge in [-0.15, -0.1) is 0 Å². The van der Waals surface area contributed by atoms with Crippen molar-refractivity contribution in [1.82, 2.24) is 9.97 Å². The van der Waals surface area contributed by atoms with E-state index in [-0.39, 0.29) is 11.5 Å². The third-order valence-corrected chi connectivity index (χ3v) is 4.03. The van der Waals surface area contributed by atoms with Gasteiger partial charge in [0, 0.05) is 35.1 Å². The van der Waals surface area contributed by atoms with Crippen LogP contribution in [0.3, 0.4) is 0 Å². The molecule has 0 aliphatic heterocycles. The van der Waals surface area contributed by atoms with Gasteiger partial charge in [0.05, 0.1) is 10.4 Å². The van der Waals surface area contributed by atoms with Crippen molar-refractivity contribution in [3.8, 4) is 11.1 Å². The lowest BCUT2D eigenvalue weighted by molar-refractivity contribution is -0.384. The summed E-state index contributed by atoms with van der Waals surface area (Å²) in [4.78, 5) is 19.3. The number of aromatic nitrogens is 2. The fraction of sp³-hybridized carbons (Fsp3) is 0. The van der Waals surface area contributed by atoms with Gasteiger partial charge < -0.3 is 5.32 Å². The van der Waals surface area contributed by atoms with Gasteiger partial charge in [0.25, 0.3) is 0 Å². The summed E-state index contributed by atoms with van der Waals surface area (Å²) in [6.45, 7) is 0. The summed E-state index contributed by atoms with van der Waals surface area (Å²) >= 11 is 0. The highest BCUT2D eigenvalue weighted by atomic mass is 16.6. The van der Waals surface area contributed by atoms with Crippen molar-refractivity contribution in [1.29, 1.82) is 0 Å². The van der Waals surface area contributed by atoms with Crippen molar-refractivity contribution in [2.75, 3.05) is 5.32 Å². The molecule has 0 fully saturated rings. The number of para-hydroxylation sites is 1. The van der Waals surface area contributed by atoms with Crippen molar-refractivity contribution < 1.29 is 4.92 Å². The summed E-state index contributed by atoms with van der Waals surface area (Å²) in [5.74, 6) is 0.214. The smallest absolute Gasteiger partial charge is 0.311 e. The second-order valence-electron chi connectivity index (χ2n) is 5.75. The minimum atomic E-state index is -0.452. The van der Waals surface area contributed by atoms with Crippen LogP contribution in [0.2, 0.25) is 0 Å². The van der Waals surface area contributed by atoms with Crippen molar-refractivity contribution >= 4 is 28.1 Å². The molecule has 0 bridgehead atoms. The van der Waals surface area contributed by atoms with Crippen molar-refractivity contribution in [3.05, 3.63) is 89.2 Å². The van der Waals surface area contributed by atoms with Gasteiger partial charge in [-0.2, -0.15) is 0 Å². The summed E-state index contributed by atoms with van der Waals surface area (Å²) in [5.41, 5.74) is 3.53. The molecule has 2 heterocycles. The maximum atomic E-state index is 11.1. The zero-order valence-corrected chi connectivity index (χ0v) is 13.7. The highest BCUT2D eigenvalue weighted by Gasteiger charge is 2.14. The zero-order chi connectivity index (χ0) is 17.9. The fourth-order valence-electron chi connectivity index (χ4n) is 2.78. The molecule has 0 amide bonds. The Bertz CT molecular complexity index is 1110. The molecule has 2 aromatic carbocycles. The molecule has 0 aliphatic carbocycles. The van der Waals surface area contributed by atoms with Gasteiger partial charge >= 0.3 is 5.69 Å². The Morgan fingerprint density at radius 1 is 0.885 bits per heavy atom. The molecule has 4 rings (SSSR count). The molecule has 0 saturated carbocycles. The van der Waals surface area contributed by atoms with Crippen LogP contribution in [0, 0.1) is 10.1 Å². The maximum absolute atomic E-state index is 11.1. The molecule has 6 heteroatoms. The molecular weight excluding hydrogens is 328 g/mol. The van der Waals surface area contributed by atoms with Gasteiger partial charge in [0.1, 0.15) is 0 Å². The molecular formula is C20H14N4O2. The molecule has 0 saturated heterocycles. The molecule has 6 nitrogen and oxygen atoms in total. The number of hydrogen-bond acceptors (Lipinski definition) is 5. The molecule has 1 N–H and O–H groups in total. The Kier molecular flexibility index (Phi) is 3.99. The van der Waals surface area contributed by atoms with Crippen LogP contribution < -0.4 is 5.32 Å². The lowest BCUT2D eigenvalue weighted by atomic mass is 10.0. The van der Waals surface area contributed by atoms with Gasteiger partial charge in [-0.3, -0.25) is 15.1 Å². The number of nitrogens with one attached hydrogen (secondary N) is 1. The first kappa shape index (κ1) is 15.7. The van der Waals surface area contributed by atoms with E-state index in [1.54, 1.807) is 6.07 Å². The van der Waals surface area contributed by atoms with E-state index in [2.05, 4.69) is 21.4 Å². The van der Waals surface area contributed by atoms with Crippen LogP contribution >= 0.6 is 0 Å². The van der Waals surface area contributed by atoms with Gasteiger partial charge in [0.2, 0.25) is 5.82 Å². The average molecular weight is 342 g/mol. The van der Waals surface area contributed by atoms with E-state index in [1.165, 1.54) is 12.3 Å². The second-order valence-corrected chi connectivity index (χ2v) is 5.75. The molecule has 26 heavy (non-hydrogen) atoms. The first-order valence-corrected chi connectivity index (χ1v) is 8.02. The summed E-state index contributed by atoms with van der Waals surface area (Å²) in [6, 6.07) is 20.6. The first-order chi connectivity index (χ1) is 12.7.